The van der Waals surface area contributed by atoms with Crippen LogP contribution in [0, 0.1) is 0 Å². The predicted molar refractivity (Wildman–Crippen MR) is 115 cm³/mol. The van der Waals surface area contributed by atoms with Crippen LogP contribution in [0.25, 0.3) is 0 Å². The molecular formula is C24H27NO4S. The summed E-state index contributed by atoms with van der Waals surface area (Å²) in [6.07, 6.45) is 5.86. The molecule has 3 aliphatic rings. The van der Waals surface area contributed by atoms with Gasteiger partial charge >= 0.3 is 0 Å². The first kappa shape index (κ1) is 19.8. The number of Topliss-reactive ketones (excluding diaryl/α,β-unsaturated/α-hetero) is 1. The van der Waals surface area contributed by atoms with Crippen LogP contribution in [0.15, 0.2) is 42.5 Å². The molecule has 2 aliphatic heterocycles. The van der Waals surface area contributed by atoms with E-state index in [1.54, 1.807) is 4.31 Å². The van der Waals surface area contributed by atoms with E-state index < -0.39 is 15.6 Å². The molecule has 158 valence electrons. The Morgan fingerprint density at radius 2 is 1.63 bits per heavy atom. The fourth-order valence-corrected chi connectivity index (χ4v) is 6.58. The molecule has 0 atom stereocenters. The summed E-state index contributed by atoms with van der Waals surface area (Å²) in [7, 11) is -3.38. The van der Waals surface area contributed by atoms with E-state index in [-0.39, 0.29) is 11.5 Å². The second kappa shape index (κ2) is 7.50. The molecule has 0 aromatic heterocycles. The number of piperidine rings is 1. The molecule has 1 spiro atoms. The van der Waals surface area contributed by atoms with E-state index in [0.717, 1.165) is 18.4 Å². The molecule has 0 radical (unpaired) electrons. The molecule has 2 aromatic carbocycles. The van der Waals surface area contributed by atoms with Gasteiger partial charge in [0.15, 0.2) is 5.78 Å². The van der Waals surface area contributed by atoms with Crippen LogP contribution in [0.5, 0.6) is 5.75 Å². The molecule has 2 heterocycles. The molecule has 0 amide bonds. The summed E-state index contributed by atoms with van der Waals surface area (Å²) in [4.78, 5) is 13.0. The average Bonchev–Trinajstić information content (AvgIpc) is 2.73. The van der Waals surface area contributed by atoms with Gasteiger partial charge in [0.25, 0.3) is 0 Å². The highest BCUT2D eigenvalue weighted by Crippen LogP contribution is 2.42. The number of rotatable bonds is 3. The minimum Gasteiger partial charge on any atom is -0.486 e. The maximum Gasteiger partial charge on any atom is 0.218 e. The molecule has 5 nitrogen and oxygen atoms in total. The number of hydrogen-bond donors (Lipinski definition) is 0. The van der Waals surface area contributed by atoms with Gasteiger partial charge in [0.05, 0.1) is 17.7 Å². The number of carbonyl (C=O) groups excluding carboxylic acids is 1. The standard InChI is InChI=1S/C24H27NO4S/c26-22-16-24(29-23-15-20-9-5-4-8-19(20)14-21(22)23)10-12-25(13-11-24)30(27,28)17-18-6-2-1-3-7-18/h1-3,6-7,14-15H,4-5,8-13,16-17H2. The summed E-state index contributed by atoms with van der Waals surface area (Å²) < 4.78 is 33.7. The Kier molecular flexibility index (Phi) is 4.94. The topological polar surface area (TPSA) is 63.7 Å². The highest BCUT2D eigenvalue weighted by atomic mass is 32.2. The molecule has 6 heteroatoms. The fourth-order valence-electron chi connectivity index (χ4n) is 5.05. The summed E-state index contributed by atoms with van der Waals surface area (Å²) in [5, 5.41) is 0. The monoisotopic (exact) mass is 425 g/mol. The lowest BCUT2D eigenvalue weighted by atomic mass is 9.81. The Morgan fingerprint density at radius 3 is 2.33 bits per heavy atom. The van der Waals surface area contributed by atoms with E-state index >= 15 is 0 Å². The van der Waals surface area contributed by atoms with Crippen LogP contribution >= 0.6 is 0 Å². The van der Waals surface area contributed by atoms with Gasteiger partial charge in [0.1, 0.15) is 11.4 Å². The van der Waals surface area contributed by atoms with Crippen LogP contribution in [-0.2, 0) is 28.6 Å². The Labute approximate surface area is 178 Å². The number of benzene rings is 2. The third-order valence-electron chi connectivity index (χ3n) is 6.77. The number of hydrogen-bond acceptors (Lipinski definition) is 4. The maximum absolute atomic E-state index is 13.0. The number of fused-ring (bicyclic) bond motifs is 2. The number of aryl methyl sites for hydroxylation is 2. The van der Waals surface area contributed by atoms with Gasteiger partial charge in [-0.15, -0.1) is 0 Å². The number of ketones is 1. The van der Waals surface area contributed by atoms with Gasteiger partial charge < -0.3 is 4.74 Å². The van der Waals surface area contributed by atoms with Crippen LogP contribution in [0.3, 0.4) is 0 Å². The van der Waals surface area contributed by atoms with Gasteiger partial charge in [-0.2, -0.15) is 0 Å². The van der Waals surface area contributed by atoms with Gasteiger partial charge in [-0.05, 0) is 54.5 Å². The lowest BCUT2D eigenvalue weighted by molar-refractivity contribution is 0.00579. The van der Waals surface area contributed by atoms with Crippen LogP contribution in [-0.4, -0.2) is 37.2 Å². The molecular weight excluding hydrogens is 398 g/mol. The Balaban J connectivity index is 1.32. The molecule has 30 heavy (non-hydrogen) atoms. The lowest BCUT2D eigenvalue weighted by Crippen LogP contribution is -2.52. The van der Waals surface area contributed by atoms with E-state index in [1.807, 2.05) is 36.4 Å². The third kappa shape index (κ3) is 3.67. The predicted octanol–water partition coefficient (Wildman–Crippen LogP) is 3.90. The van der Waals surface area contributed by atoms with Gasteiger partial charge in [-0.25, -0.2) is 12.7 Å². The van der Waals surface area contributed by atoms with E-state index in [4.69, 9.17) is 4.74 Å². The Hall–Kier alpha value is -2.18. The smallest absolute Gasteiger partial charge is 0.218 e. The fraction of sp³-hybridized carbons (Fsp3) is 0.458. The largest absolute Gasteiger partial charge is 0.486 e. The number of ether oxygens (including phenoxy) is 1. The Bertz CT molecular complexity index is 1070. The van der Waals surface area contributed by atoms with Crippen molar-refractivity contribution in [3.63, 3.8) is 0 Å². The number of sulfonamides is 1. The molecule has 0 bridgehead atoms. The minimum absolute atomic E-state index is 0.00952. The first-order valence-electron chi connectivity index (χ1n) is 10.8. The second-order valence-electron chi connectivity index (χ2n) is 8.85. The Morgan fingerprint density at radius 1 is 0.967 bits per heavy atom. The van der Waals surface area contributed by atoms with Gasteiger partial charge in [-0.3, -0.25) is 4.79 Å². The molecule has 2 aromatic rings. The lowest BCUT2D eigenvalue weighted by Gasteiger charge is -2.43. The first-order valence-corrected chi connectivity index (χ1v) is 12.4. The first-order chi connectivity index (χ1) is 14.4. The molecule has 5 rings (SSSR count). The van der Waals surface area contributed by atoms with Crippen molar-refractivity contribution >= 4 is 15.8 Å². The quantitative estimate of drug-likeness (QED) is 0.748. The van der Waals surface area contributed by atoms with Crippen molar-refractivity contribution in [2.75, 3.05) is 13.1 Å². The van der Waals surface area contributed by atoms with Crippen molar-refractivity contribution in [2.24, 2.45) is 0 Å². The highest BCUT2D eigenvalue weighted by Gasteiger charge is 2.45. The summed E-state index contributed by atoms with van der Waals surface area (Å²) in [5.74, 6) is 0.841. The van der Waals surface area contributed by atoms with Crippen LogP contribution < -0.4 is 4.74 Å². The highest BCUT2D eigenvalue weighted by molar-refractivity contribution is 7.88. The maximum atomic E-state index is 13.0. The molecule has 1 fully saturated rings. The zero-order valence-corrected chi connectivity index (χ0v) is 17.9. The third-order valence-corrected chi connectivity index (χ3v) is 8.62. The SMILES string of the molecule is O=C1CC2(CCN(S(=O)(=O)Cc3ccccc3)CC2)Oc2cc3c(cc21)CCCC3. The van der Waals surface area contributed by atoms with Crippen LogP contribution in [0.1, 0.15) is 59.2 Å². The molecule has 1 saturated heterocycles. The van der Waals surface area contributed by atoms with Gasteiger partial charge in [0, 0.05) is 25.9 Å². The minimum atomic E-state index is -3.38. The van der Waals surface area contributed by atoms with Gasteiger partial charge in [-0.1, -0.05) is 30.3 Å². The molecule has 1 aliphatic carbocycles. The number of nitrogens with zero attached hydrogens (tertiary/aromatic N) is 1. The summed E-state index contributed by atoms with van der Waals surface area (Å²) in [6.45, 7) is 0.783. The van der Waals surface area contributed by atoms with Crippen LogP contribution in [0.2, 0.25) is 0 Å². The summed E-state index contributed by atoms with van der Waals surface area (Å²) >= 11 is 0. The zero-order chi connectivity index (χ0) is 20.8. The van der Waals surface area contributed by atoms with Gasteiger partial charge in [0.2, 0.25) is 10.0 Å². The van der Waals surface area contributed by atoms with Crippen molar-refractivity contribution < 1.29 is 17.9 Å². The van der Waals surface area contributed by atoms with Crippen molar-refractivity contribution in [1.82, 2.24) is 4.31 Å². The van der Waals surface area contributed by atoms with E-state index in [2.05, 4.69) is 6.07 Å². The van der Waals surface area contributed by atoms with Crippen molar-refractivity contribution in [1.29, 1.82) is 0 Å². The summed E-state index contributed by atoms with van der Waals surface area (Å²) in [5.41, 5.74) is 3.51. The van der Waals surface area contributed by atoms with Crippen LogP contribution in [0.4, 0.5) is 0 Å². The zero-order valence-electron chi connectivity index (χ0n) is 17.1. The van der Waals surface area contributed by atoms with E-state index in [9.17, 15) is 13.2 Å². The van der Waals surface area contributed by atoms with E-state index in [1.165, 1.54) is 24.0 Å². The molecule has 0 N–H and O–H groups in total. The van der Waals surface area contributed by atoms with Crippen molar-refractivity contribution in [3.05, 3.63) is 64.7 Å². The average molecular weight is 426 g/mol. The normalized spacial score (nSPS) is 21.0. The van der Waals surface area contributed by atoms with E-state index in [0.29, 0.717) is 43.7 Å². The van der Waals surface area contributed by atoms with Crippen molar-refractivity contribution in [2.45, 2.75) is 56.3 Å². The van der Waals surface area contributed by atoms with Crippen molar-refractivity contribution in [3.8, 4) is 5.75 Å². The molecule has 0 saturated carbocycles. The second-order valence-corrected chi connectivity index (χ2v) is 10.8. The molecule has 0 unspecified atom stereocenters. The number of carbonyl (C=O) groups is 1. The summed E-state index contributed by atoms with van der Waals surface area (Å²) in [6, 6.07) is 13.4.